The molecule has 5 rings (SSSR count). The van der Waals surface area contributed by atoms with E-state index in [4.69, 9.17) is 9.26 Å². The lowest BCUT2D eigenvalue weighted by Crippen LogP contribution is -2.46. The molecule has 1 aliphatic carbocycles. The molecule has 0 radical (unpaired) electrons. The fourth-order valence-corrected chi connectivity index (χ4v) is 5.46. The molecular formula is C32H32N4O5. The Bertz CT molecular complexity index is 1490. The van der Waals surface area contributed by atoms with Gasteiger partial charge in [0.15, 0.2) is 5.76 Å². The Kier molecular flexibility index (Phi) is 8.73. The first-order valence-electron chi connectivity index (χ1n) is 13.6. The monoisotopic (exact) mass is 552 g/mol. The van der Waals surface area contributed by atoms with E-state index in [9.17, 15) is 14.4 Å². The number of esters is 1. The molecule has 0 fully saturated rings. The van der Waals surface area contributed by atoms with Crippen LogP contribution < -0.4 is 10.6 Å². The van der Waals surface area contributed by atoms with E-state index in [-0.39, 0.29) is 31.0 Å². The fraction of sp³-hybridized carbons (Fsp3) is 0.250. The number of carbonyl (C=O) groups is 3. The van der Waals surface area contributed by atoms with Crippen LogP contribution in [0.2, 0.25) is 0 Å². The number of fused-ring (bicyclic) bond motifs is 1. The van der Waals surface area contributed by atoms with Crippen molar-refractivity contribution in [1.29, 1.82) is 0 Å². The number of rotatable bonds is 9. The molecule has 3 amide bonds. The van der Waals surface area contributed by atoms with Crippen LogP contribution in [0.4, 0.5) is 10.5 Å². The number of benzene rings is 3. The zero-order valence-corrected chi connectivity index (χ0v) is 22.8. The molecule has 9 heteroatoms. The van der Waals surface area contributed by atoms with Crippen molar-refractivity contribution >= 4 is 23.6 Å². The number of aromatic nitrogens is 1. The second-order valence-electron chi connectivity index (χ2n) is 10.0. The summed E-state index contributed by atoms with van der Waals surface area (Å²) in [4.78, 5) is 40.3. The van der Waals surface area contributed by atoms with Crippen molar-refractivity contribution in [2.45, 2.75) is 31.8 Å². The van der Waals surface area contributed by atoms with Crippen LogP contribution in [0.25, 0.3) is 0 Å². The van der Waals surface area contributed by atoms with Gasteiger partial charge in [0.1, 0.15) is 0 Å². The predicted molar refractivity (Wildman–Crippen MR) is 153 cm³/mol. The molecule has 2 N–H and O–H groups in total. The molecule has 2 atom stereocenters. The largest absolute Gasteiger partial charge is 0.465 e. The first-order valence-corrected chi connectivity index (χ1v) is 13.6. The molecule has 0 aliphatic heterocycles. The van der Waals surface area contributed by atoms with Gasteiger partial charge in [-0.05, 0) is 60.1 Å². The Labute approximate surface area is 238 Å². The first kappa shape index (κ1) is 27.6. The van der Waals surface area contributed by atoms with E-state index in [1.807, 2.05) is 30.3 Å². The van der Waals surface area contributed by atoms with Gasteiger partial charge in [0.25, 0.3) is 0 Å². The minimum absolute atomic E-state index is 0.161. The van der Waals surface area contributed by atoms with Crippen LogP contribution in [-0.4, -0.2) is 41.6 Å². The van der Waals surface area contributed by atoms with E-state index < -0.39 is 12.0 Å². The molecule has 1 heterocycles. The quantitative estimate of drug-likeness (QED) is 0.278. The highest BCUT2D eigenvalue weighted by Gasteiger charge is 2.37. The number of methoxy groups -OCH3 is 1. The fourth-order valence-electron chi connectivity index (χ4n) is 5.46. The molecule has 4 aromatic rings. The molecule has 1 aliphatic rings. The van der Waals surface area contributed by atoms with Gasteiger partial charge in [-0.25, -0.2) is 9.59 Å². The van der Waals surface area contributed by atoms with Crippen LogP contribution in [0.15, 0.2) is 95.6 Å². The highest BCUT2D eigenvalue weighted by Crippen LogP contribution is 2.41. The summed E-state index contributed by atoms with van der Waals surface area (Å²) in [5.74, 6) is -0.0391. The number of anilines is 1. The molecule has 0 spiro atoms. The van der Waals surface area contributed by atoms with Gasteiger partial charge in [-0.1, -0.05) is 65.8 Å². The maximum absolute atomic E-state index is 13.9. The lowest BCUT2D eigenvalue weighted by molar-refractivity contribution is -0.135. The van der Waals surface area contributed by atoms with E-state index >= 15 is 0 Å². The van der Waals surface area contributed by atoms with Crippen molar-refractivity contribution < 1.29 is 23.6 Å². The number of hydrogen-bond acceptors (Lipinski definition) is 6. The third-order valence-corrected chi connectivity index (χ3v) is 7.36. The van der Waals surface area contributed by atoms with Crippen LogP contribution in [0.1, 0.15) is 45.3 Å². The maximum Gasteiger partial charge on any atom is 0.337 e. The van der Waals surface area contributed by atoms with Crippen molar-refractivity contribution in [3.63, 3.8) is 0 Å². The standard InChI is InChI=1S/C32H32N4O5/c1-40-31(38)25-11-7-12-26(19-25)35-32(39)33-20-29(37)36(21-27-16-17-34-41-27)30-24(18-22-8-3-2-4-9-22)15-14-23-10-5-6-13-28(23)30/h2-13,16-17,19,24,30H,14-15,18,20-21H2,1H3,(H2,33,35,39)/t24-,30-/m0/s1. The Balaban J connectivity index is 1.37. The van der Waals surface area contributed by atoms with E-state index in [0.717, 1.165) is 24.8 Å². The topological polar surface area (TPSA) is 114 Å². The van der Waals surface area contributed by atoms with Crippen LogP contribution in [-0.2, 0) is 28.9 Å². The van der Waals surface area contributed by atoms with Gasteiger partial charge in [-0.2, -0.15) is 0 Å². The summed E-state index contributed by atoms with van der Waals surface area (Å²) in [6, 6.07) is 25.9. The van der Waals surface area contributed by atoms with Crippen LogP contribution in [0.3, 0.4) is 0 Å². The van der Waals surface area contributed by atoms with Crippen LogP contribution >= 0.6 is 0 Å². The van der Waals surface area contributed by atoms with Crippen molar-refractivity contribution in [1.82, 2.24) is 15.4 Å². The normalized spacial score (nSPS) is 15.8. The van der Waals surface area contributed by atoms with Crippen LogP contribution in [0, 0.1) is 5.92 Å². The third kappa shape index (κ3) is 6.81. The van der Waals surface area contributed by atoms with Gasteiger partial charge in [0, 0.05) is 11.8 Å². The highest BCUT2D eigenvalue weighted by molar-refractivity contribution is 5.95. The summed E-state index contributed by atoms with van der Waals surface area (Å²) in [6.07, 6.45) is 4.22. The molecule has 9 nitrogen and oxygen atoms in total. The molecule has 3 aromatic carbocycles. The molecule has 0 unspecified atom stereocenters. The van der Waals surface area contributed by atoms with Crippen molar-refractivity contribution in [3.05, 3.63) is 119 Å². The highest BCUT2D eigenvalue weighted by atomic mass is 16.5. The van der Waals surface area contributed by atoms with Crippen molar-refractivity contribution in [3.8, 4) is 0 Å². The van der Waals surface area contributed by atoms with Crippen molar-refractivity contribution in [2.75, 3.05) is 19.0 Å². The number of nitrogens with zero attached hydrogens (tertiary/aromatic N) is 2. The minimum atomic E-state index is -0.565. The summed E-state index contributed by atoms with van der Waals surface area (Å²) < 4.78 is 10.2. The molecule has 1 aromatic heterocycles. The van der Waals surface area contributed by atoms with Gasteiger partial charge in [0.2, 0.25) is 5.91 Å². The van der Waals surface area contributed by atoms with E-state index in [1.54, 1.807) is 35.4 Å². The van der Waals surface area contributed by atoms with Crippen molar-refractivity contribution in [2.24, 2.45) is 5.92 Å². The van der Waals surface area contributed by atoms with Gasteiger partial charge in [0.05, 0.1) is 38.0 Å². The van der Waals surface area contributed by atoms with Gasteiger partial charge >= 0.3 is 12.0 Å². The number of carbonyl (C=O) groups excluding carboxylic acids is 3. The average Bonchev–Trinajstić information content (AvgIpc) is 3.52. The number of hydrogen-bond donors (Lipinski definition) is 2. The number of urea groups is 1. The maximum atomic E-state index is 13.9. The third-order valence-electron chi connectivity index (χ3n) is 7.36. The van der Waals surface area contributed by atoms with Gasteiger partial charge in [-0.3, -0.25) is 4.79 Å². The van der Waals surface area contributed by atoms with E-state index in [1.165, 1.54) is 24.3 Å². The Morgan fingerprint density at radius 2 is 1.80 bits per heavy atom. The predicted octanol–water partition coefficient (Wildman–Crippen LogP) is 5.16. The second kappa shape index (κ2) is 13.0. The van der Waals surface area contributed by atoms with E-state index in [2.05, 4.69) is 40.1 Å². The zero-order chi connectivity index (χ0) is 28.6. The number of amides is 3. The SMILES string of the molecule is COC(=O)c1cccc(NC(=O)NCC(=O)N(Cc2ccno2)[C@@H]2c3ccccc3CC[C@H]2Cc2ccccc2)c1. The summed E-state index contributed by atoms with van der Waals surface area (Å²) in [5.41, 5.74) is 4.24. The Hall–Kier alpha value is -4.92. The molecule has 0 bridgehead atoms. The summed E-state index contributed by atoms with van der Waals surface area (Å²) in [5, 5.41) is 9.19. The molecular weight excluding hydrogens is 520 g/mol. The Morgan fingerprint density at radius 1 is 1.00 bits per heavy atom. The van der Waals surface area contributed by atoms with Gasteiger partial charge in [-0.15, -0.1) is 0 Å². The lowest BCUT2D eigenvalue weighted by atomic mass is 9.76. The van der Waals surface area contributed by atoms with Crippen LogP contribution in [0.5, 0.6) is 0 Å². The number of ether oxygens (including phenoxy) is 1. The number of aryl methyl sites for hydroxylation is 1. The second-order valence-corrected chi connectivity index (χ2v) is 10.0. The molecule has 0 saturated heterocycles. The molecule has 0 saturated carbocycles. The first-order chi connectivity index (χ1) is 20.0. The van der Waals surface area contributed by atoms with Gasteiger partial charge < -0.3 is 24.8 Å². The molecule has 210 valence electrons. The summed E-state index contributed by atoms with van der Waals surface area (Å²) in [6.45, 7) is -0.0129. The lowest BCUT2D eigenvalue weighted by Gasteiger charge is -2.41. The number of nitrogens with one attached hydrogen (secondary N) is 2. The van der Waals surface area contributed by atoms with E-state index in [0.29, 0.717) is 17.0 Å². The smallest absolute Gasteiger partial charge is 0.337 e. The average molecular weight is 553 g/mol. The Morgan fingerprint density at radius 3 is 2.59 bits per heavy atom. The molecule has 41 heavy (non-hydrogen) atoms. The zero-order valence-electron chi connectivity index (χ0n) is 22.8. The summed E-state index contributed by atoms with van der Waals surface area (Å²) in [7, 11) is 1.29. The summed E-state index contributed by atoms with van der Waals surface area (Å²) >= 11 is 0. The minimum Gasteiger partial charge on any atom is -0.465 e.